The Bertz CT molecular complexity index is 699. The maximum Gasteiger partial charge on any atom is 0.325 e. The summed E-state index contributed by atoms with van der Waals surface area (Å²) in [5.41, 5.74) is 0.615. The number of likely N-dealkylation sites (N-methyl/N-ethyl adjacent to an activating group) is 1. The highest BCUT2D eigenvalue weighted by molar-refractivity contribution is 6.00. The first-order valence-corrected chi connectivity index (χ1v) is 9.84. The third-order valence-corrected chi connectivity index (χ3v) is 6.37. The van der Waals surface area contributed by atoms with Crippen molar-refractivity contribution in [1.82, 2.24) is 0 Å². The average molecular weight is 374 g/mol. The van der Waals surface area contributed by atoms with Gasteiger partial charge < -0.3 is 18.7 Å². The molecule has 3 fully saturated rings. The van der Waals surface area contributed by atoms with E-state index in [9.17, 15) is 9.59 Å². The van der Waals surface area contributed by atoms with Crippen molar-refractivity contribution in [3.8, 4) is 0 Å². The van der Waals surface area contributed by atoms with Crippen LogP contribution in [0.3, 0.4) is 0 Å². The number of benzene rings is 1. The van der Waals surface area contributed by atoms with Gasteiger partial charge in [-0.15, -0.1) is 0 Å². The molecule has 2 bridgehead atoms. The van der Waals surface area contributed by atoms with Crippen LogP contribution >= 0.6 is 0 Å². The summed E-state index contributed by atoms with van der Waals surface area (Å²) in [6.07, 6.45) is 2.70. The lowest BCUT2D eigenvalue weighted by Crippen LogP contribution is -2.60. The number of ether oxygens (including phenoxy) is 3. The fourth-order valence-electron chi connectivity index (χ4n) is 4.83. The van der Waals surface area contributed by atoms with E-state index < -0.39 is 17.9 Å². The quantitative estimate of drug-likeness (QED) is 0.330. The molecule has 0 amide bonds. The lowest BCUT2D eigenvalue weighted by atomic mass is 9.95. The Balaban J connectivity index is 1.47. The highest BCUT2D eigenvalue weighted by Crippen LogP contribution is 2.51. The number of nitrogens with zero attached hydrogens (tertiary/aromatic N) is 1. The number of carbonyl (C=O) groups excluding carboxylic acids is 2. The number of epoxide rings is 1. The molecule has 6 atom stereocenters. The van der Waals surface area contributed by atoms with Gasteiger partial charge in [-0.25, -0.2) is 0 Å². The van der Waals surface area contributed by atoms with Gasteiger partial charge in [0.25, 0.3) is 0 Å². The molecule has 0 spiro atoms. The number of hydrogen-bond acceptors (Lipinski definition) is 5. The molecule has 6 nitrogen and oxygen atoms in total. The Labute approximate surface area is 160 Å². The van der Waals surface area contributed by atoms with Crippen molar-refractivity contribution in [1.29, 1.82) is 0 Å². The van der Waals surface area contributed by atoms with Crippen molar-refractivity contribution in [2.45, 2.75) is 62.5 Å². The average Bonchev–Trinajstić information content (AvgIpc) is 3.39. The molecule has 1 aromatic carbocycles. The molecule has 0 N–H and O–H groups in total. The largest absolute Gasteiger partial charge is 0.465 e. The number of fused-ring (bicyclic) bond motifs is 5. The van der Waals surface area contributed by atoms with Crippen LogP contribution in [-0.2, 0) is 23.8 Å². The molecule has 6 heteroatoms. The van der Waals surface area contributed by atoms with E-state index in [1.54, 1.807) is 12.1 Å². The normalized spacial score (nSPS) is 33.7. The lowest BCUT2D eigenvalue weighted by molar-refractivity contribution is -0.938. The molecular weight excluding hydrogens is 346 g/mol. The maximum absolute atomic E-state index is 12.9. The second-order valence-corrected chi connectivity index (χ2v) is 8.37. The predicted octanol–water partition coefficient (Wildman–Crippen LogP) is 2.02. The zero-order valence-electron chi connectivity index (χ0n) is 16.2. The van der Waals surface area contributed by atoms with Crippen LogP contribution in [0.4, 0.5) is 0 Å². The third-order valence-electron chi connectivity index (χ3n) is 6.37. The van der Waals surface area contributed by atoms with Gasteiger partial charge in [-0.3, -0.25) is 9.59 Å². The molecule has 146 valence electrons. The topological polar surface area (TPSA) is 65.1 Å². The van der Waals surface area contributed by atoms with Crippen molar-refractivity contribution in [2.75, 3.05) is 20.7 Å². The number of hydrogen-bond donors (Lipinski definition) is 0. The molecule has 1 unspecified atom stereocenters. The van der Waals surface area contributed by atoms with Crippen LogP contribution in [0.25, 0.3) is 0 Å². The number of esters is 2. The van der Waals surface area contributed by atoms with E-state index in [1.165, 1.54) is 0 Å². The van der Waals surface area contributed by atoms with E-state index in [2.05, 4.69) is 14.1 Å². The summed E-state index contributed by atoms with van der Waals surface area (Å²) >= 11 is 0. The van der Waals surface area contributed by atoms with Crippen LogP contribution in [0.1, 0.15) is 37.7 Å². The van der Waals surface area contributed by atoms with E-state index in [0.717, 1.165) is 17.3 Å². The third kappa shape index (κ3) is 3.25. The summed E-state index contributed by atoms with van der Waals surface area (Å²) in [4.78, 5) is 25.5. The van der Waals surface area contributed by atoms with Gasteiger partial charge in [0.15, 0.2) is 5.92 Å². The summed E-state index contributed by atoms with van der Waals surface area (Å²) in [6, 6.07) is 9.74. The minimum absolute atomic E-state index is 0.166. The molecule has 0 radical (unpaired) electrons. The summed E-state index contributed by atoms with van der Waals surface area (Å²) in [5.74, 6) is -2.06. The van der Waals surface area contributed by atoms with Gasteiger partial charge in [-0.1, -0.05) is 37.3 Å². The number of morpholine rings is 1. The monoisotopic (exact) mass is 374 g/mol. The molecule has 1 aromatic rings. The summed E-state index contributed by atoms with van der Waals surface area (Å²) < 4.78 is 17.8. The van der Waals surface area contributed by atoms with Crippen LogP contribution in [-0.4, -0.2) is 67.5 Å². The Hall–Kier alpha value is -1.92. The Morgan fingerprint density at radius 3 is 2.33 bits per heavy atom. The molecule has 3 heterocycles. The first-order valence-electron chi connectivity index (χ1n) is 9.84. The molecule has 27 heavy (non-hydrogen) atoms. The maximum atomic E-state index is 12.9. The highest BCUT2D eigenvalue weighted by Gasteiger charge is 2.70. The SMILES string of the molecule is CCCOC(=O)[C@@H](C(=O)OC1C[C@@H]2[C@H]3O[C@H]3[C@H](C1)[N+]2(C)C)c1ccccc1. The highest BCUT2D eigenvalue weighted by atomic mass is 16.6. The number of rotatable bonds is 6. The van der Waals surface area contributed by atoms with E-state index in [0.29, 0.717) is 42.9 Å². The minimum atomic E-state index is -1.02. The summed E-state index contributed by atoms with van der Waals surface area (Å²) in [5, 5.41) is 0. The summed E-state index contributed by atoms with van der Waals surface area (Å²) in [7, 11) is 4.47. The molecule has 0 aliphatic carbocycles. The van der Waals surface area contributed by atoms with E-state index in [-0.39, 0.29) is 6.10 Å². The van der Waals surface area contributed by atoms with E-state index in [4.69, 9.17) is 14.2 Å². The van der Waals surface area contributed by atoms with Crippen molar-refractivity contribution in [3.63, 3.8) is 0 Å². The standard InChI is InChI=1S/C21H28NO5/c1-4-10-25-20(23)17(13-8-6-5-7-9-13)21(24)26-14-11-15-18-19(27-18)16(12-14)22(15,2)3/h5-9,14-19H,4,10-12H2,1-3H3/q+1/t14?,15-,16+,17-,18-,19+/m0/s1. The van der Waals surface area contributed by atoms with Crippen LogP contribution in [0.2, 0.25) is 0 Å². The zero-order valence-corrected chi connectivity index (χ0v) is 16.2. The van der Waals surface area contributed by atoms with Gasteiger partial charge in [0.2, 0.25) is 0 Å². The fourth-order valence-corrected chi connectivity index (χ4v) is 4.83. The van der Waals surface area contributed by atoms with Crippen molar-refractivity contribution < 1.29 is 28.3 Å². The minimum Gasteiger partial charge on any atom is -0.465 e. The molecule has 0 aromatic heterocycles. The van der Waals surface area contributed by atoms with Crippen molar-refractivity contribution in [2.24, 2.45) is 0 Å². The molecule has 3 aliphatic heterocycles. The first kappa shape index (κ1) is 18.4. The van der Waals surface area contributed by atoms with Crippen LogP contribution in [0.5, 0.6) is 0 Å². The van der Waals surface area contributed by atoms with Gasteiger partial charge in [0, 0.05) is 12.8 Å². The molecule has 3 saturated heterocycles. The zero-order chi connectivity index (χ0) is 19.2. The number of quaternary nitrogens is 1. The van der Waals surface area contributed by atoms with Gasteiger partial charge >= 0.3 is 11.9 Å². The second-order valence-electron chi connectivity index (χ2n) is 8.37. The number of carbonyl (C=O) groups is 2. The van der Waals surface area contributed by atoms with E-state index in [1.807, 2.05) is 25.1 Å². The van der Waals surface area contributed by atoms with Crippen LogP contribution in [0, 0.1) is 0 Å². The van der Waals surface area contributed by atoms with E-state index >= 15 is 0 Å². The number of piperidine rings is 1. The predicted molar refractivity (Wildman–Crippen MR) is 97.9 cm³/mol. The molecule has 0 saturated carbocycles. The Kier molecular flexibility index (Phi) is 4.72. The van der Waals surface area contributed by atoms with Gasteiger partial charge in [-0.05, 0) is 12.0 Å². The van der Waals surface area contributed by atoms with Crippen molar-refractivity contribution >= 4 is 11.9 Å². The molecular formula is C21H28NO5+. The molecule has 3 aliphatic rings. The smallest absolute Gasteiger partial charge is 0.325 e. The lowest BCUT2D eigenvalue weighted by Gasteiger charge is -2.45. The summed E-state index contributed by atoms with van der Waals surface area (Å²) in [6.45, 7) is 2.23. The van der Waals surface area contributed by atoms with Crippen molar-refractivity contribution in [3.05, 3.63) is 35.9 Å². The first-order chi connectivity index (χ1) is 12.9. The van der Waals surface area contributed by atoms with Gasteiger partial charge in [0.05, 0.1) is 20.7 Å². The Morgan fingerprint density at radius 1 is 1.11 bits per heavy atom. The molecule has 4 rings (SSSR count). The van der Waals surface area contributed by atoms with Gasteiger partial charge in [0.1, 0.15) is 30.4 Å². The van der Waals surface area contributed by atoms with Crippen LogP contribution < -0.4 is 0 Å². The second kappa shape index (κ2) is 6.91. The van der Waals surface area contributed by atoms with Gasteiger partial charge in [-0.2, -0.15) is 0 Å². The van der Waals surface area contributed by atoms with Crippen LogP contribution in [0.15, 0.2) is 30.3 Å². The fraction of sp³-hybridized carbons (Fsp3) is 0.619. The Morgan fingerprint density at radius 2 is 1.74 bits per heavy atom.